The van der Waals surface area contributed by atoms with Gasteiger partial charge in [0.25, 0.3) is 11.8 Å². The van der Waals surface area contributed by atoms with E-state index in [0.717, 1.165) is 24.8 Å². The number of fused-ring (bicyclic) bond motifs is 5. The molecule has 3 amide bonds. The van der Waals surface area contributed by atoms with Crippen molar-refractivity contribution in [1.29, 1.82) is 0 Å². The molecular weight excluding hydrogens is 354 g/mol. The van der Waals surface area contributed by atoms with Crippen molar-refractivity contribution in [2.45, 2.75) is 32.4 Å². The molecule has 1 N–H and O–H groups in total. The molecule has 0 aliphatic carbocycles. The smallest absolute Gasteiger partial charge is 0.260 e. The Hall–Kier alpha value is -3.15. The summed E-state index contributed by atoms with van der Waals surface area (Å²) in [5.74, 6) is -0.584. The molecule has 0 unspecified atom stereocenters. The van der Waals surface area contributed by atoms with Gasteiger partial charge in [0.05, 0.1) is 11.3 Å². The van der Waals surface area contributed by atoms with Crippen LogP contribution in [0, 0.1) is 0 Å². The number of rotatable bonds is 6. The van der Waals surface area contributed by atoms with E-state index in [2.05, 4.69) is 12.2 Å². The summed E-state index contributed by atoms with van der Waals surface area (Å²) in [5.41, 5.74) is 2.37. The lowest BCUT2D eigenvalue weighted by Gasteiger charge is -2.40. The number of anilines is 1. The quantitative estimate of drug-likeness (QED) is 0.787. The third-order valence-corrected chi connectivity index (χ3v) is 5.30. The molecule has 0 aromatic heterocycles. The fraction of sp³-hybridized carbons (Fsp3) is 0.318. The Kier molecular flexibility index (Phi) is 4.86. The van der Waals surface area contributed by atoms with E-state index in [1.54, 1.807) is 29.2 Å². The number of unbranched alkanes of at least 4 members (excludes halogenated alkanes) is 2. The predicted molar refractivity (Wildman–Crippen MR) is 106 cm³/mol. The molecule has 2 aliphatic rings. The second-order valence-electron chi connectivity index (χ2n) is 7.14. The summed E-state index contributed by atoms with van der Waals surface area (Å²) in [6.45, 7) is 2.62. The zero-order chi connectivity index (χ0) is 19.7. The average Bonchev–Trinajstić information content (AvgIpc) is 3.01. The lowest BCUT2D eigenvalue weighted by atomic mass is 10.0. The maximum Gasteiger partial charge on any atom is 0.260 e. The molecule has 0 radical (unpaired) electrons. The standard InChI is InChI=1S/C22H23N3O3/c1-2-3-8-13-23-19(26)14-24-20-15-9-4-5-10-16(15)22(28)25(20)18-12-7-6-11-17(18)21(24)27/h4-7,9-12,20H,2-3,8,13-14H2,1H3,(H,23,26)/t20-/m1/s1. The molecule has 144 valence electrons. The van der Waals surface area contributed by atoms with Crippen molar-refractivity contribution in [3.63, 3.8) is 0 Å². The second kappa shape index (κ2) is 7.46. The van der Waals surface area contributed by atoms with Gasteiger partial charge in [-0.2, -0.15) is 0 Å². The molecule has 2 heterocycles. The van der Waals surface area contributed by atoms with Crippen molar-refractivity contribution < 1.29 is 14.4 Å². The van der Waals surface area contributed by atoms with Gasteiger partial charge in [0.1, 0.15) is 12.7 Å². The molecule has 1 atom stereocenters. The first-order valence-electron chi connectivity index (χ1n) is 9.72. The first-order valence-corrected chi connectivity index (χ1v) is 9.72. The molecule has 0 spiro atoms. The van der Waals surface area contributed by atoms with Crippen molar-refractivity contribution in [2.24, 2.45) is 0 Å². The summed E-state index contributed by atoms with van der Waals surface area (Å²) in [4.78, 5) is 41.9. The van der Waals surface area contributed by atoms with E-state index in [9.17, 15) is 14.4 Å². The van der Waals surface area contributed by atoms with Crippen molar-refractivity contribution in [2.75, 3.05) is 18.0 Å². The van der Waals surface area contributed by atoms with Crippen LogP contribution < -0.4 is 10.2 Å². The molecule has 2 aromatic carbocycles. The van der Waals surface area contributed by atoms with Gasteiger partial charge in [-0.25, -0.2) is 0 Å². The lowest BCUT2D eigenvalue weighted by Crippen LogP contribution is -2.51. The van der Waals surface area contributed by atoms with Crippen molar-refractivity contribution in [3.05, 3.63) is 65.2 Å². The van der Waals surface area contributed by atoms with Crippen molar-refractivity contribution >= 4 is 23.4 Å². The number of amides is 3. The van der Waals surface area contributed by atoms with Gasteiger partial charge >= 0.3 is 0 Å². The Morgan fingerprint density at radius 3 is 2.46 bits per heavy atom. The van der Waals surface area contributed by atoms with E-state index in [4.69, 9.17) is 0 Å². The molecule has 0 bridgehead atoms. The first kappa shape index (κ1) is 18.2. The van der Waals surface area contributed by atoms with Gasteiger partial charge in [-0.05, 0) is 24.6 Å². The highest BCUT2D eigenvalue weighted by molar-refractivity contribution is 6.17. The maximum absolute atomic E-state index is 13.2. The van der Waals surface area contributed by atoms with Crippen LogP contribution in [0.1, 0.15) is 58.6 Å². The topological polar surface area (TPSA) is 69.7 Å². The number of hydrogen-bond donors (Lipinski definition) is 1. The van der Waals surface area contributed by atoms with E-state index in [0.29, 0.717) is 23.4 Å². The molecule has 6 heteroatoms. The zero-order valence-corrected chi connectivity index (χ0v) is 15.9. The number of nitrogens with one attached hydrogen (secondary N) is 1. The van der Waals surface area contributed by atoms with Gasteiger partial charge in [0.15, 0.2) is 0 Å². The van der Waals surface area contributed by atoms with Crippen LogP contribution in [0.3, 0.4) is 0 Å². The fourth-order valence-corrected chi connectivity index (χ4v) is 3.95. The van der Waals surface area contributed by atoms with Crippen LogP contribution in [0.15, 0.2) is 48.5 Å². The van der Waals surface area contributed by atoms with Crippen LogP contribution in [0.5, 0.6) is 0 Å². The minimum absolute atomic E-state index is 0.0813. The largest absolute Gasteiger partial charge is 0.355 e. The van der Waals surface area contributed by atoms with Gasteiger partial charge < -0.3 is 10.2 Å². The van der Waals surface area contributed by atoms with Gasteiger partial charge in [0.2, 0.25) is 5.91 Å². The Balaban J connectivity index is 1.67. The fourth-order valence-electron chi connectivity index (χ4n) is 3.95. The van der Waals surface area contributed by atoms with Crippen LogP contribution >= 0.6 is 0 Å². The Bertz CT molecular complexity index is 940. The summed E-state index contributed by atoms with van der Waals surface area (Å²) in [5, 5.41) is 2.89. The second-order valence-corrected chi connectivity index (χ2v) is 7.14. The summed E-state index contributed by atoms with van der Waals surface area (Å²) in [6.07, 6.45) is 2.45. The minimum Gasteiger partial charge on any atom is -0.355 e. The predicted octanol–water partition coefficient (Wildman–Crippen LogP) is 3.11. The number of para-hydroxylation sites is 1. The first-order chi connectivity index (χ1) is 13.6. The van der Waals surface area contributed by atoms with Crippen LogP contribution in [0.4, 0.5) is 5.69 Å². The molecule has 0 saturated carbocycles. The summed E-state index contributed by atoms with van der Waals surface area (Å²) < 4.78 is 0. The van der Waals surface area contributed by atoms with E-state index in [1.165, 1.54) is 4.90 Å². The van der Waals surface area contributed by atoms with Crippen molar-refractivity contribution in [3.8, 4) is 0 Å². The number of nitrogens with zero attached hydrogens (tertiary/aromatic N) is 2. The maximum atomic E-state index is 13.2. The molecule has 0 fully saturated rings. The average molecular weight is 377 g/mol. The Labute approximate surface area is 164 Å². The highest BCUT2D eigenvalue weighted by atomic mass is 16.2. The number of carbonyl (C=O) groups excluding carboxylic acids is 3. The van der Waals surface area contributed by atoms with E-state index < -0.39 is 6.17 Å². The molecule has 0 saturated heterocycles. The highest BCUT2D eigenvalue weighted by Crippen LogP contribution is 2.44. The normalized spacial score (nSPS) is 17.2. The third kappa shape index (κ3) is 2.95. The molecule has 6 nitrogen and oxygen atoms in total. The molecule has 2 aliphatic heterocycles. The number of carbonyl (C=O) groups is 3. The van der Waals surface area contributed by atoms with Crippen LogP contribution in [-0.2, 0) is 4.79 Å². The van der Waals surface area contributed by atoms with Crippen LogP contribution in [-0.4, -0.2) is 35.7 Å². The van der Waals surface area contributed by atoms with Crippen LogP contribution in [0.2, 0.25) is 0 Å². The van der Waals surface area contributed by atoms with Gasteiger partial charge in [-0.3, -0.25) is 19.3 Å². The summed E-state index contributed by atoms with van der Waals surface area (Å²) in [6, 6.07) is 14.4. The molecule has 4 rings (SSSR count). The molecule has 2 aromatic rings. The number of benzene rings is 2. The van der Waals surface area contributed by atoms with Crippen LogP contribution in [0.25, 0.3) is 0 Å². The van der Waals surface area contributed by atoms with E-state index in [-0.39, 0.29) is 24.3 Å². The van der Waals surface area contributed by atoms with Gasteiger partial charge in [-0.15, -0.1) is 0 Å². The SMILES string of the molecule is CCCCCNC(=O)CN1C(=O)c2ccccc2N2C(=O)c3ccccc3[C@H]12. The summed E-state index contributed by atoms with van der Waals surface area (Å²) >= 11 is 0. The highest BCUT2D eigenvalue weighted by Gasteiger charge is 2.47. The van der Waals surface area contributed by atoms with Gasteiger partial charge in [0, 0.05) is 17.7 Å². The van der Waals surface area contributed by atoms with E-state index in [1.807, 2.05) is 24.3 Å². The molecule has 28 heavy (non-hydrogen) atoms. The lowest BCUT2D eigenvalue weighted by molar-refractivity contribution is -0.122. The number of hydrogen-bond acceptors (Lipinski definition) is 3. The van der Waals surface area contributed by atoms with Crippen molar-refractivity contribution in [1.82, 2.24) is 10.2 Å². The molecular formula is C22H23N3O3. The summed E-state index contributed by atoms with van der Waals surface area (Å²) in [7, 11) is 0. The minimum atomic E-state index is -0.590. The van der Waals surface area contributed by atoms with E-state index >= 15 is 0 Å². The third-order valence-electron chi connectivity index (χ3n) is 5.30. The zero-order valence-electron chi connectivity index (χ0n) is 15.9. The Morgan fingerprint density at radius 1 is 0.964 bits per heavy atom. The van der Waals surface area contributed by atoms with Gasteiger partial charge in [-0.1, -0.05) is 50.1 Å². The Morgan fingerprint density at radius 2 is 1.68 bits per heavy atom. The monoisotopic (exact) mass is 377 g/mol.